The number of hydrogen-bond donors (Lipinski definition) is 3. The van der Waals surface area contributed by atoms with Gasteiger partial charge < -0.3 is 10.1 Å². The normalized spacial score (nSPS) is 10.9. The first-order valence-corrected chi connectivity index (χ1v) is 9.17. The second-order valence-corrected chi connectivity index (χ2v) is 6.46. The highest BCUT2D eigenvalue weighted by Crippen LogP contribution is 2.29. The number of carbonyl (C=O) groups excluding carboxylic acids is 1. The van der Waals surface area contributed by atoms with Gasteiger partial charge in [-0.25, -0.2) is 5.43 Å². The third kappa shape index (κ3) is 4.09. The highest BCUT2D eigenvalue weighted by Gasteiger charge is 2.17. The van der Waals surface area contributed by atoms with E-state index in [-0.39, 0.29) is 11.7 Å². The number of hydrazone groups is 1. The van der Waals surface area contributed by atoms with E-state index in [1.807, 2.05) is 66.7 Å². The summed E-state index contributed by atoms with van der Waals surface area (Å²) in [5.41, 5.74) is 7.04. The largest absolute Gasteiger partial charge is 0.507 e. The number of aromatic hydroxyl groups is 1. The Kier molecular flexibility index (Phi) is 5.21. The van der Waals surface area contributed by atoms with Crippen LogP contribution in [0.25, 0.3) is 22.4 Å². The fourth-order valence-electron chi connectivity index (χ4n) is 3.07. The van der Waals surface area contributed by atoms with Gasteiger partial charge in [0.2, 0.25) is 0 Å². The number of nitrogens with zero attached hydrogens (tertiary/aromatic N) is 1. The Morgan fingerprint density at radius 1 is 0.862 bits per heavy atom. The number of rotatable bonds is 5. The van der Waals surface area contributed by atoms with Crippen molar-refractivity contribution in [2.45, 2.75) is 0 Å². The molecule has 0 radical (unpaired) electrons. The number of hydrogen-bond acceptors (Lipinski definition) is 3. The zero-order chi connectivity index (χ0) is 20.1. The van der Waals surface area contributed by atoms with Gasteiger partial charge in [-0.1, -0.05) is 72.8 Å². The monoisotopic (exact) mass is 381 g/mol. The molecule has 29 heavy (non-hydrogen) atoms. The molecule has 4 aromatic rings. The zero-order valence-corrected chi connectivity index (χ0v) is 15.5. The predicted octanol–water partition coefficient (Wildman–Crippen LogP) is 4.82. The average Bonchev–Trinajstić information content (AvgIpc) is 3.22. The summed E-state index contributed by atoms with van der Waals surface area (Å²) in [5, 5.41) is 13.8. The van der Waals surface area contributed by atoms with Gasteiger partial charge >= 0.3 is 0 Å². The van der Waals surface area contributed by atoms with Crippen molar-refractivity contribution in [1.82, 2.24) is 10.4 Å². The molecule has 1 amide bonds. The first kappa shape index (κ1) is 18.3. The molecule has 3 N–H and O–H groups in total. The van der Waals surface area contributed by atoms with Crippen molar-refractivity contribution in [3.8, 4) is 28.1 Å². The van der Waals surface area contributed by atoms with Gasteiger partial charge in [-0.15, -0.1) is 0 Å². The Morgan fingerprint density at radius 3 is 2.17 bits per heavy atom. The van der Waals surface area contributed by atoms with Gasteiger partial charge in [0.15, 0.2) is 0 Å². The van der Waals surface area contributed by atoms with Crippen LogP contribution in [0.3, 0.4) is 0 Å². The van der Waals surface area contributed by atoms with E-state index in [1.165, 1.54) is 6.21 Å². The molecule has 0 bridgehead atoms. The van der Waals surface area contributed by atoms with E-state index in [9.17, 15) is 9.90 Å². The minimum absolute atomic E-state index is 0.0988. The van der Waals surface area contributed by atoms with Crippen LogP contribution in [0, 0.1) is 0 Å². The van der Waals surface area contributed by atoms with E-state index >= 15 is 0 Å². The van der Waals surface area contributed by atoms with Gasteiger partial charge in [0.1, 0.15) is 11.4 Å². The number of benzene rings is 3. The lowest BCUT2D eigenvalue weighted by Crippen LogP contribution is -2.18. The topological polar surface area (TPSA) is 77.5 Å². The third-order valence-electron chi connectivity index (χ3n) is 4.52. The first-order valence-electron chi connectivity index (χ1n) is 9.17. The molecule has 5 nitrogen and oxygen atoms in total. The molecule has 0 saturated heterocycles. The molecule has 0 aliphatic carbocycles. The number of phenols is 1. The maximum Gasteiger partial charge on any atom is 0.288 e. The van der Waals surface area contributed by atoms with Crippen molar-refractivity contribution >= 4 is 12.1 Å². The Bertz CT molecular complexity index is 1150. The maximum absolute atomic E-state index is 12.8. The van der Waals surface area contributed by atoms with E-state index in [4.69, 9.17) is 0 Å². The Hall–Kier alpha value is -4.12. The highest BCUT2D eigenvalue weighted by atomic mass is 16.3. The van der Waals surface area contributed by atoms with E-state index in [0.29, 0.717) is 11.3 Å². The molecular weight excluding hydrogens is 362 g/mol. The van der Waals surface area contributed by atoms with E-state index in [1.54, 1.807) is 24.3 Å². The summed E-state index contributed by atoms with van der Waals surface area (Å²) in [6, 6.07) is 28.3. The molecule has 0 aliphatic heterocycles. The second-order valence-electron chi connectivity index (χ2n) is 6.46. The summed E-state index contributed by atoms with van der Waals surface area (Å²) in [6.45, 7) is 0. The van der Waals surface area contributed by atoms with Crippen molar-refractivity contribution in [2.24, 2.45) is 5.10 Å². The molecule has 0 atom stereocenters. The number of aromatic amines is 1. The highest BCUT2D eigenvalue weighted by molar-refractivity contribution is 6.01. The smallest absolute Gasteiger partial charge is 0.288 e. The van der Waals surface area contributed by atoms with Crippen LogP contribution in [0.15, 0.2) is 96.1 Å². The summed E-state index contributed by atoms with van der Waals surface area (Å²) in [5.74, 6) is -0.264. The van der Waals surface area contributed by atoms with Crippen molar-refractivity contribution in [3.63, 3.8) is 0 Å². The Balaban J connectivity index is 1.65. The van der Waals surface area contributed by atoms with Crippen LogP contribution in [0.2, 0.25) is 0 Å². The lowest BCUT2D eigenvalue weighted by molar-refractivity contribution is 0.0951. The van der Waals surface area contributed by atoms with E-state index in [0.717, 1.165) is 22.4 Å². The molecule has 0 unspecified atom stereocenters. The summed E-state index contributed by atoms with van der Waals surface area (Å²) in [7, 11) is 0. The molecule has 1 aromatic heterocycles. The van der Waals surface area contributed by atoms with Crippen LogP contribution in [0.5, 0.6) is 5.75 Å². The fourth-order valence-corrected chi connectivity index (χ4v) is 3.07. The summed E-state index contributed by atoms with van der Waals surface area (Å²) >= 11 is 0. The van der Waals surface area contributed by atoms with Crippen molar-refractivity contribution in [2.75, 3.05) is 0 Å². The minimum atomic E-state index is -0.363. The number of nitrogens with one attached hydrogen (secondary N) is 2. The zero-order valence-electron chi connectivity index (χ0n) is 15.5. The average molecular weight is 381 g/mol. The predicted molar refractivity (Wildman–Crippen MR) is 115 cm³/mol. The Morgan fingerprint density at radius 2 is 1.48 bits per heavy atom. The Labute approximate surface area is 168 Å². The van der Waals surface area contributed by atoms with Gasteiger partial charge in [-0.2, -0.15) is 5.10 Å². The van der Waals surface area contributed by atoms with E-state index < -0.39 is 0 Å². The summed E-state index contributed by atoms with van der Waals surface area (Å²) in [6.07, 6.45) is 1.41. The van der Waals surface area contributed by atoms with Gasteiger partial charge in [-0.05, 0) is 29.3 Å². The fraction of sp³-hybridized carbons (Fsp3) is 0. The molecule has 0 spiro atoms. The number of H-pyrrole nitrogens is 1. The molecular formula is C24H19N3O2. The van der Waals surface area contributed by atoms with Crippen LogP contribution in [-0.2, 0) is 0 Å². The van der Waals surface area contributed by atoms with Gasteiger partial charge in [0.05, 0.1) is 6.21 Å². The molecule has 0 saturated carbocycles. The molecule has 3 aromatic carbocycles. The molecule has 142 valence electrons. The third-order valence-corrected chi connectivity index (χ3v) is 4.52. The van der Waals surface area contributed by atoms with E-state index in [2.05, 4.69) is 15.5 Å². The maximum atomic E-state index is 12.8. The molecule has 0 aliphatic rings. The van der Waals surface area contributed by atoms with Crippen LogP contribution < -0.4 is 5.43 Å². The molecule has 4 rings (SSSR count). The number of amides is 1. The number of carbonyl (C=O) groups is 1. The molecule has 5 heteroatoms. The van der Waals surface area contributed by atoms with Crippen molar-refractivity contribution in [1.29, 1.82) is 0 Å². The molecule has 1 heterocycles. The summed E-state index contributed by atoms with van der Waals surface area (Å²) in [4.78, 5) is 16.1. The van der Waals surface area contributed by atoms with Gasteiger partial charge in [0, 0.05) is 16.8 Å². The van der Waals surface area contributed by atoms with Gasteiger partial charge in [0.25, 0.3) is 5.91 Å². The lowest BCUT2D eigenvalue weighted by Gasteiger charge is -2.03. The van der Waals surface area contributed by atoms with Crippen molar-refractivity contribution in [3.05, 3.63) is 102 Å². The van der Waals surface area contributed by atoms with Crippen molar-refractivity contribution < 1.29 is 9.90 Å². The quantitative estimate of drug-likeness (QED) is 0.342. The van der Waals surface area contributed by atoms with Crippen LogP contribution in [0.1, 0.15) is 16.1 Å². The number of phenolic OH excluding ortho intramolecular Hbond substituents is 1. The van der Waals surface area contributed by atoms with Crippen LogP contribution in [0.4, 0.5) is 0 Å². The number of para-hydroxylation sites is 1. The van der Waals surface area contributed by atoms with Gasteiger partial charge in [-0.3, -0.25) is 4.79 Å². The van der Waals surface area contributed by atoms with Crippen LogP contribution >= 0.6 is 0 Å². The molecule has 0 fully saturated rings. The second kappa shape index (κ2) is 8.27. The first-order chi connectivity index (χ1) is 14.2. The number of aromatic nitrogens is 1. The van der Waals surface area contributed by atoms with Crippen LogP contribution in [-0.4, -0.2) is 22.2 Å². The standard InChI is InChI=1S/C24H19N3O2/c28-22-14-8-7-13-19(22)16-25-27-24(29)23-20(17-9-3-1-4-10-17)15-21(26-23)18-11-5-2-6-12-18/h1-16,26,28H,(H,27,29)/b25-16-. The summed E-state index contributed by atoms with van der Waals surface area (Å²) < 4.78 is 0. The SMILES string of the molecule is O=C(N/N=C\c1ccccc1O)c1[nH]c(-c2ccccc2)cc1-c1ccccc1. The minimum Gasteiger partial charge on any atom is -0.507 e. The lowest BCUT2D eigenvalue weighted by atomic mass is 10.0.